The summed E-state index contributed by atoms with van der Waals surface area (Å²) in [4.78, 5) is 11.7. The lowest BCUT2D eigenvalue weighted by atomic mass is 9.79. The Balaban J connectivity index is 2.24. The maximum Gasteiger partial charge on any atom is 0.252 e. The summed E-state index contributed by atoms with van der Waals surface area (Å²) in [6, 6.07) is 6.28. The molecule has 1 aliphatic carbocycles. The molecule has 21 heavy (non-hydrogen) atoms. The number of aryl methyl sites for hydroxylation is 1. The second kappa shape index (κ2) is 4.45. The van der Waals surface area contributed by atoms with Crippen molar-refractivity contribution < 1.29 is 4.79 Å². The second-order valence-electron chi connectivity index (χ2n) is 6.59. The Bertz CT molecular complexity index is 728. The molecule has 2 N–H and O–H groups in total. The zero-order valence-electron chi connectivity index (χ0n) is 13.0. The van der Waals surface area contributed by atoms with Gasteiger partial charge >= 0.3 is 0 Å². The average molecular weight is 283 g/mol. The molecule has 0 fully saturated rings. The molecule has 1 unspecified atom stereocenters. The minimum absolute atomic E-state index is 0.146. The van der Waals surface area contributed by atoms with Gasteiger partial charge in [-0.25, -0.2) is 0 Å². The van der Waals surface area contributed by atoms with Gasteiger partial charge in [0.1, 0.15) is 5.69 Å². The van der Waals surface area contributed by atoms with Crippen molar-refractivity contribution in [3.8, 4) is 11.3 Å². The molecule has 0 spiro atoms. The van der Waals surface area contributed by atoms with Crippen molar-refractivity contribution in [2.75, 3.05) is 0 Å². The molecule has 110 valence electrons. The van der Waals surface area contributed by atoms with E-state index in [4.69, 9.17) is 5.73 Å². The molecule has 1 atom stereocenters. The van der Waals surface area contributed by atoms with E-state index in [-0.39, 0.29) is 5.41 Å². The number of hydrogen-bond donors (Lipinski definition) is 1. The fourth-order valence-corrected chi connectivity index (χ4v) is 3.33. The van der Waals surface area contributed by atoms with Crippen molar-refractivity contribution in [1.82, 2.24) is 9.78 Å². The fraction of sp³-hybridized carbons (Fsp3) is 0.412. The van der Waals surface area contributed by atoms with E-state index in [0.717, 1.165) is 12.0 Å². The number of nitrogens with two attached hydrogens (primary N) is 1. The van der Waals surface area contributed by atoms with Gasteiger partial charge in [0.25, 0.3) is 5.91 Å². The fourth-order valence-electron chi connectivity index (χ4n) is 3.33. The topological polar surface area (TPSA) is 60.9 Å². The normalized spacial score (nSPS) is 19.5. The van der Waals surface area contributed by atoms with Crippen LogP contribution in [0.5, 0.6) is 0 Å². The lowest BCUT2D eigenvalue weighted by Gasteiger charge is -2.25. The number of aromatic nitrogens is 2. The molecule has 2 aromatic rings. The van der Waals surface area contributed by atoms with Gasteiger partial charge in [0.05, 0.1) is 5.56 Å². The van der Waals surface area contributed by atoms with E-state index in [1.165, 1.54) is 11.1 Å². The molecule has 0 saturated heterocycles. The summed E-state index contributed by atoms with van der Waals surface area (Å²) in [5.74, 6) is 0.135. The Labute approximate surface area is 125 Å². The van der Waals surface area contributed by atoms with Crippen molar-refractivity contribution in [2.45, 2.75) is 32.6 Å². The smallest absolute Gasteiger partial charge is 0.252 e. The quantitative estimate of drug-likeness (QED) is 0.921. The summed E-state index contributed by atoms with van der Waals surface area (Å²) in [6.45, 7) is 6.83. The Morgan fingerprint density at radius 3 is 2.81 bits per heavy atom. The van der Waals surface area contributed by atoms with Gasteiger partial charge in [0, 0.05) is 18.8 Å². The van der Waals surface area contributed by atoms with Gasteiger partial charge in [-0.15, -0.1) is 0 Å². The van der Waals surface area contributed by atoms with Gasteiger partial charge in [-0.2, -0.15) is 5.10 Å². The van der Waals surface area contributed by atoms with Crippen LogP contribution in [0.1, 0.15) is 42.3 Å². The standard InChI is InChI=1S/C17H21N3O/c1-10-8-12-11(6-5-7-14(12)17(10,2)3)15-13(16(18)21)9-20(4)19-15/h5-7,9-10H,8H2,1-4H3,(H2,18,21). The summed E-state index contributed by atoms with van der Waals surface area (Å²) in [7, 11) is 1.81. The SMILES string of the molecule is CC1Cc2c(-c3nn(C)cc3C(N)=O)cccc2C1(C)C. The van der Waals surface area contributed by atoms with Crippen molar-refractivity contribution >= 4 is 5.91 Å². The number of fused-ring (bicyclic) bond motifs is 1. The third-order valence-electron chi connectivity index (χ3n) is 4.96. The molecule has 1 aromatic carbocycles. The Kier molecular flexibility index (Phi) is 2.94. The van der Waals surface area contributed by atoms with Gasteiger partial charge in [0.15, 0.2) is 0 Å². The van der Waals surface area contributed by atoms with Crippen LogP contribution in [0.15, 0.2) is 24.4 Å². The van der Waals surface area contributed by atoms with Crippen LogP contribution < -0.4 is 5.73 Å². The number of benzene rings is 1. The van der Waals surface area contributed by atoms with Crippen LogP contribution in [-0.2, 0) is 18.9 Å². The van der Waals surface area contributed by atoms with Crippen LogP contribution in [0.3, 0.4) is 0 Å². The van der Waals surface area contributed by atoms with Crippen molar-refractivity contribution in [3.05, 3.63) is 41.1 Å². The van der Waals surface area contributed by atoms with E-state index in [1.807, 2.05) is 19.2 Å². The zero-order valence-corrected chi connectivity index (χ0v) is 13.0. The predicted octanol–water partition coefficient (Wildman–Crippen LogP) is 2.66. The predicted molar refractivity (Wildman–Crippen MR) is 83.1 cm³/mol. The first-order valence-corrected chi connectivity index (χ1v) is 7.28. The van der Waals surface area contributed by atoms with Gasteiger partial charge in [-0.1, -0.05) is 39.0 Å². The third-order valence-corrected chi connectivity index (χ3v) is 4.96. The number of carbonyl (C=O) groups excluding carboxylic acids is 1. The first kappa shape index (κ1) is 13.9. The molecule has 1 aliphatic rings. The Hall–Kier alpha value is -2.10. The van der Waals surface area contributed by atoms with E-state index < -0.39 is 5.91 Å². The van der Waals surface area contributed by atoms with Crippen molar-refractivity contribution in [1.29, 1.82) is 0 Å². The molecule has 0 radical (unpaired) electrons. The van der Waals surface area contributed by atoms with Crippen LogP contribution in [0, 0.1) is 5.92 Å². The van der Waals surface area contributed by atoms with Gasteiger partial charge in [-0.05, 0) is 28.9 Å². The summed E-state index contributed by atoms with van der Waals surface area (Å²) in [6.07, 6.45) is 2.70. The van der Waals surface area contributed by atoms with Crippen LogP contribution >= 0.6 is 0 Å². The highest BCUT2D eigenvalue weighted by Crippen LogP contribution is 2.46. The third kappa shape index (κ3) is 1.97. The monoisotopic (exact) mass is 283 g/mol. The van der Waals surface area contributed by atoms with E-state index in [9.17, 15) is 4.79 Å². The van der Waals surface area contributed by atoms with Gasteiger partial charge < -0.3 is 5.73 Å². The van der Waals surface area contributed by atoms with Crippen molar-refractivity contribution in [3.63, 3.8) is 0 Å². The molecular weight excluding hydrogens is 262 g/mol. The first-order chi connectivity index (χ1) is 9.82. The maximum absolute atomic E-state index is 11.7. The lowest BCUT2D eigenvalue weighted by molar-refractivity contribution is 0.100. The molecule has 1 amide bonds. The largest absolute Gasteiger partial charge is 0.365 e. The van der Waals surface area contributed by atoms with Crippen molar-refractivity contribution in [2.24, 2.45) is 18.7 Å². The number of rotatable bonds is 2. The highest BCUT2D eigenvalue weighted by atomic mass is 16.1. The van der Waals surface area contributed by atoms with Crippen LogP contribution in [0.2, 0.25) is 0 Å². The molecular formula is C17H21N3O. The molecule has 1 heterocycles. The average Bonchev–Trinajstić information content (AvgIpc) is 2.90. The molecule has 4 heteroatoms. The number of carbonyl (C=O) groups is 1. The molecule has 4 nitrogen and oxygen atoms in total. The zero-order chi connectivity index (χ0) is 15.4. The van der Waals surface area contributed by atoms with E-state index in [1.54, 1.807) is 10.9 Å². The highest BCUT2D eigenvalue weighted by molar-refractivity contribution is 5.99. The Morgan fingerprint density at radius 1 is 1.43 bits per heavy atom. The molecule has 0 saturated carbocycles. The minimum atomic E-state index is -0.430. The number of primary amides is 1. The lowest BCUT2D eigenvalue weighted by Crippen LogP contribution is -2.21. The highest BCUT2D eigenvalue weighted by Gasteiger charge is 2.38. The second-order valence-corrected chi connectivity index (χ2v) is 6.59. The summed E-state index contributed by atoms with van der Waals surface area (Å²) >= 11 is 0. The van der Waals surface area contributed by atoms with Gasteiger partial charge in [0.2, 0.25) is 0 Å². The van der Waals surface area contributed by atoms with Crippen LogP contribution in [0.4, 0.5) is 0 Å². The Morgan fingerprint density at radius 2 is 2.14 bits per heavy atom. The first-order valence-electron chi connectivity index (χ1n) is 7.28. The number of nitrogens with zero attached hydrogens (tertiary/aromatic N) is 2. The minimum Gasteiger partial charge on any atom is -0.365 e. The summed E-state index contributed by atoms with van der Waals surface area (Å²) in [5.41, 5.74) is 10.5. The summed E-state index contributed by atoms with van der Waals surface area (Å²) in [5, 5.41) is 4.47. The van der Waals surface area contributed by atoms with E-state index >= 15 is 0 Å². The summed E-state index contributed by atoms with van der Waals surface area (Å²) < 4.78 is 1.65. The maximum atomic E-state index is 11.7. The van der Waals surface area contributed by atoms with E-state index in [2.05, 4.69) is 31.9 Å². The molecule has 1 aromatic heterocycles. The van der Waals surface area contributed by atoms with E-state index in [0.29, 0.717) is 17.2 Å². The molecule has 0 aliphatic heterocycles. The number of amides is 1. The van der Waals surface area contributed by atoms with Crippen LogP contribution in [-0.4, -0.2) is 15.7 Å². The molecule has 0 bridgehead atoms. The number of hydrogen-bond acceptors (Lipinski definition) is 2. The van der Waals surface area contributed by atoms with Crippen LogP contribution in [0.25, 0.3) is 11.3 Å². The van der Waals surface area contributed by atoms with Gasteiger partial charge in [-0.3, -0.25) is 9.48 Å². The molecule has 3 rings (SSSR count).